The maximum Gasteiger partial charge on any atom is 0.337 e. The molecule has 0 unspecified atom stereocenters. The van der Waals surface area contributed by atoms with E-state index in [1.807, 2.05) is 30.3 Å². The highest BCUT2D eigenvalue weighted by Crippen LogP contribution is 2.49. The van der Waals surface area contributed by atoms with Gasteiger partial charge < -0.3 is 20.0 Å². The summed E-state index contributed by atoms with van der Waals surface area (Å²) in [6.07, 6.45) is 5.27. The average Bonchev–Trinajstić information content (AvgIpc) is 3.17. The number of anilines is 1. The third kappa shape index (κ3) is 3.21. The minimum Gasteiger partial charge on any atom is -0.550 e. The number of ether oxygens (including phenoxy) is 1. The zero-order valence-electron chi connectivity index (χ0n) is 15.0. The highest BCUT2D eigenvalue weighted by Gasteiger charge is 2.37. The quantitative estimate of drug-likeness (QED) is 0.668. The van der Waals surface area contributed by atoms with Crippen molar-refractivity contribution < 1.29 is 19.4 Å². The van der Waals surface area contributed by atoms with Gasteiger partial charge in [-0.2, -0.15) is 0 Å². The zero-order chi connectivity index (χ0) is 19.0. The van der Waals surface area contributed by atoms with Crippen molar-refractivity contribution in [2.24, 2.45) is 5.92 Å². The lowest BCUT2D eigenvalue weighted by atomic mass is 9.76. The molecule has 5 heteroatoms. The molecule has 0 saturated heterocycles. The minimum absolute atomic E-state index is 0.0766. The molecule has 0 spiro atoms. The summed E-state index contributed by atoms with van der Waals surface area (Å²) in [5, 5.41) is 14.5. The van der Waals surface area contributed by atoms with Gasteiger partial charge in [-0.05, 0) is 47.2 Å². The molecule has 1 aliphatic heterocycles. The van der Waals surface area contributed by atoms with Crippen LogP contribution >= 0.6 is 0 Å². The second-order valence-corrected chi connectivity index (χ2v) is 7.06. The first-order valence-corrected chi connectivity index (χ1v) is 9.01. The standard InChI is InChI=1S/C22H21NO4/c1-27-22(26)15-8-6-14(7-9-15)21-17-4-2-3-16(17)18-11-13(12-20(24)25)5-10-19(18)23-21/h2-3,5-11,16-17,21,23H,4,12H2,1H3,(H,24,25)/p-1/t16-,17-,21-/m1/s1. The number of fused-ring (bicyclic) bond motifs is 3. The molecule has 2 aromatic rings. The van der Waals surface area contributed by atoms with E-state index >= 15 is 0 Å². The Balaban J connectivity index is 1.66. The molecule has 1 aliphatic carbocycles. The van der Waals surface area contributed by atoms with Gasteiger partial charge in [0, 0.05) is 24.0 Å². The molecule has 0 fully saturated rings. The second kappa shape index (κ2) is 6.91. The Morgan fingerprint density at radius 1 is 1.19 bits per heavy atom. The molecule has 0 aromatic heterocycles. The number of hydrogen-bond donors (Lipinski definition) is 1. The van der Waals surface area contributed by atoms with E-state index in [2.05, 4.69) is 17.5 Å². The van der Waals surface area contributed by atoms with Gasteiger partial charge in [0.15, 0.2) is 0 Å². The molecule has 0 amide bonds. The summed E-state index contributed by atoms with van der Waals surface area (Å²) in [4.78, 5) is 22.6. The lowest BCUT2D eigenvalue weighted by molar-refractivity contribution is -0.304. The van der Waals surface area contributed by atoms with Gasteiger partial charge in [-0.15, -0.1) is 0 Å². The predicted molar refractivity (Wildman–Crippen MR) is 99.3 cm³/mol. The summed E-state index contributed by atoms with van der Waals surface area (Å²) >= 11 is 0. The van der Waals surface area contributed by atoms with Crippen molar-refractivity contribution in [1.29, 1.82) is 0 Å². The first kappa shape index (κ1) is 17.3. The van der Waals surface area contributed by atoms with E-state index in [0.717, 1.165) is 28.8 Å². The summed E-state index contributed by atoms with van der Waals surface area (Å²) in [6.45, 7) is 0. The van der Waals surface area contributed by atoms with E-state index < -0.39 is 5.97 Å². The molecule has 0 bridgehead atoms. The number of aliphatic carboxylic acids is 1. The van der Waals surface area contributed by atoms with Gasteiger partial charge in [0.25, 0.3) is 0 Å². The van der Waals surface area contributed by atoms with Crippen molar-refractivity contribution in [3.05, 3.63) is 76.9 Å². The normalized spacial score (nSPS) is 22.5. The minimum atomic E-state index is -1.07. The number of methoxy groups -OCH3 is 1. The molecule has 5 nitrogen and oxygen atoms in total. The maximum atomic E-state index is 11.7. The van der Waals surface area contributed by atoms with Gasteiger partial charge in [0.2, 0.25) is 0 Å². The van der Waals surface area contributed by atoms with E-state index in [9.17, 15) is 14.7 Å². The highest BCUT2D eigenvalue weighted by atomic mass is 16.5. The van der Waals surface area contributed by atoms with Crippen LogP contribution in [0.2, 0.25) is 0 Å². The molecule has 0 saturated carbocycles. The number of carbonyl (C=O) groups is 2. The summed E-state index contributed by atoms with van der Waals surface area (Å²) in [7, 11) is 1.37. The van der Waals surface area contributed by atoms with Crippen LogP contribution in [0.15, 0.2) is 54.6 Å². The Labute approximate surface area is 157 Å². The molecule has 1 N–H and O–H groups in total. The Hall–Kier alpha value is -3.08. The van der Waals surface area contributed by atoms with Crippen LogP contribution in [0.25, 0.3) is 0 Å². The number of hydrogen-bond acceptors (Lipinski definition) is 5. The van der Waals surface area contributed by atoms with E-state index in [-0.39, 0.29) is 24.3 Å². The van der Waals surface area contributed by atoms with Gasteiger partial charge in [0.1, 0.15) is 0 Å². The number of carboxylic acids is 1. The molecule has 2 aliphatic rings. The molecule has 0 radical (unpaired) electrons. The number of rotatable bonds is 4. The SMILES string of the molecule is COC(=O)c1ccc([C@H]2Nc3ccc(CC(=O)[O-])cc3[C@@H]3C=CC[C@@H]23)cc1. The number of carbonyl (C=O) groups excluding carboxylic acids is 2. The van der Waals surface area contributed by atoms with Crippen LogP contribution < -0.4 is 10.4 Å². The molecule has 138 valence electrons. The van der Waals surface area contributed by atoms with Crippen LogP contribution in [0.4, 0.5) is 5.69 Å². The van der Waals surface area contributed by atoms with Crippen molar-refractivity contribution in [2.75, 3.05) is 12.4 Å². The topological polar surface area (TPSA) is 78.5 Å². The Kier molecular flexibility index (Phi) is 4.44. The highest BCUT2D eigenvalue weighted by molar-refractivity contribution is 5.89. The third-order valence-corrected chi connectivity index (χ3v) is 5.47. The molecule has 2 aromatic carbocycles. The Bertz CT molecular complexity index is 916. The van der Waals surface area contributed by atoms with E-state index in [1.165, 1.54) is 7.11 Å². The summed E-state index contributed by atoms with van der Waals surface area (Å²) in [5.74, 6) is -0.821. The fraction of sp³-hybridized carbons (Fsp3) is 0.273. The predicted octanol–water partition coefficient (Wildman–Crippen LogP) is 2.59. The fourth-order valence-corrected chi connectivity index (χ4v) is 4.19. The molecule has 1 heterocycles. The summed E-state index contributed by atoms with van der Waals surface area (Å²) < 4.78 is 4.77. The van der Waals surface area contributed by atoms with Gasteiger partial charge in [-0.3, -0.25) is 0 Å². The number of benzene rings is 2. The van der Waals surface area contributed by atoms with Crippen molar-refractivity contribution in [3.8, 4) is 0 Å². The fourth-order valence-electron chi connectivity index (χ4n) is 4.19. The van der Waals surface area contributed by atoms with Crippen molar-refractivity contribution in [1.82, 2.24) is 0 Å². The third-order valence-electron chi connectivity index (χ3n) is 5.47. The van der Waals surface area contributed by atoms with Gasteiger partial charge >= 0.3 is 5.97 Å². The van der Waals surface area contributed by atoms with Crippen LogP contribution in [-0.4, -0.2) is 19.0 Å². The van der Waals surface area contributed by atoms with Crippen molar-refractivity contribution in [2.45, 2.75) is 24.8 Å². The van der Waals surface area contributed by atoms with Crippen LogP contribution in [-0.2, 0) is 16.0 Å². The molecule has 4 rings (SSSR count). The van der Waals surface area contributed by atoms with Gasteiger partial charge in [-0.25, -0.2) is 4.79 Å². The number of nitrogens with one attached hydrogen (secondary N) is 1. The van der Waals surface area contributed by atoms with E-state index in [0.29, 0.717) is 11.5 Å². The monoisotopic (exact) mass is 362 g/mol. The van der Waals surface area contributed by atoms with Crippen LogP contribution in [0.5, 0.6) is 0 Å². The Morgan fingerprint density at radius 3 is 2.67 bits per heavy atom. The maximum absolute atomic E-state index is 11.7. The van der Waals surface area contributed by atoms with Gasteiger partial charge in [-0.1, -0.05) is 36.4 Å². The number of carboxylic acid groups (broad SMARTS) is 1. The molecule has 27 heavy (non-hydrogen) atoms. The van der Waals surface area contributed by atoms with Crippen LogP contribution in [0, 0.1) is 5.92 Å². The zero-order valence-corrected chi connectivity index (χ0v) is 15.0. The number of esters is 1. The molecular formula is C22H20NO4-. The smallest absolute Gasteiger partial charge is 0.337 e. The van der Waals surface area contributed by atoms with Crippen molar-refractivity contribution >= 4 is 17.6 Å². The molecule has 3 atom stereocenters. The lowest BCUT2D eigenvalue weighted by Crippen LogP contribution is -2.29. The van der Waals surface area contributed by atoms with E-state index in [1.54, 1.807) is 12.1 Å². The first-order valence-electron chi connectivity index (χ1n) is 9.01. The first-order chi connectivity index (χ1) is 13.1. The molecular weight excluding hydrogens is 342 g/mol. The van der Waals surface area contributed by atoms with Gasteiger partial charge in [0.05, 0.1) is 18.7 Å². The number of allylic oxidation sites excluding steroid dienone is 2. The van der Waals surface area contributed by atoms with E-state index in [4.69, 9.17) is 4.74 Å². The largest absolute Gasteiger partial charge is 0.550 e. The summed E-state index contributed by atoms with van der Waals surface area (Å²) in [6, 6.07) is 13.4. The van der Waals surface area contributed by atoms with Crippen LogP contribution in [0.3, 0.4) is 0 Å². The Morgan fingerprint density at radius 2 is 1.96 bits per heavy atom. The second-order valence-electron chi connectivity index (χ2n) is 7.06. The van der Waals surface area contributed by atoms with Crippen molar-refractivity contribution in [3.63, 3.8) is 0 Å². The average molecular weight is 362 g/mol. The summed E-state index contributed by atoms with van der Waals surface area (Å²) in [5.41, 5.74) is 4.56. The van der Waals surface area contributed by atoms with Crippen LogP contribution in [0.1, 0.15) is 45.4 Å². The lowest BCUT2D eigenvalue weighted by Gasteiger charge is -2.38.